The summed E-state index contributed by atoms with van der Waals surface area (Å²) in [6.45, 7) is -1.48. The van der Waals surface area contributed by atoms with Gasteiger partial charge in [-0.05, 0) is 23.8 Å². The largest absolute Gasteiger partial charge is 0.484 e. The van der Waals surface area contributed by atoms with Crippen molar-refractivity contribution in [2.45, 2.75) is 12.4 Å². The van der Waals surface area contributed by atoms with E-state index in [4.69, 9.17) is 0 Å². The van der Waals surface area contributed by atoms with Crippen molar-refractivity contribution in [1.29, 1.82) is 0 Å². The number of hydrogen-bond donors (Lipinski definition) is 1. The summed E-state index contributed by atoms with van der Waals surface area (Å²) >= 11 is 4.40. The molecule has 0 aliphatic rings. The Morgan fingerprint density at radius 1 is 0.963 bits per heavy atom. The van der Waals surface area contributed by atoms with E-state index in [1.54, 1.807) is 30.3 Å². The molecule has 0 fully saturated rings. The van der Waals surface area contributed by atoms with Crippen LogP contribution in [0.2, 0.25) is 0 Å². The summed E-state index contributed by atoms with van der Waals surface area (Å²) in [6, 6.07) is 13.5. The molecule has 0 amide bonds. The minimum Gasteiger partial charge on any atom is -0.484 e. The van der Waals surface area contributed by atoms with Crippen LogP contribution in [0.1, 0.15) is 5.56 Å². The summed E-state index contributed by atoms with van der Waals surface area (Å²) in [7, 11) is 0. The fourth-order valence-corrected chi connectivity index (χ4v) is 2.12. The third-order valence-electron chi connectivity index (χ3n) is 3.16. The molecule has 0 aliphatic heterocycles. The van der Waals surface area contributed by atoms with Crippen molar-refractivity contribution in [3.8, 4) is 5.75 Å². The highest BCUT2D eigenvalue weighted by Gasteiger charge is 2.32. The molecule has 0 spiro atoms. The van der Waals surface area contributed by atoms with E-state index in [2.05, 4.69) is 22.3 Å². The van der Waals surface area contributed by atoms with Crippen LogP contribution in [-0.2, 0) is 0 Å². The topological polar surface area (TPSA) is 21.3 Å². The Balaban J connectivity index is 2.28. The molecule has 9 heteroatoms. The van der Waals surface area contributed by atoms with Crippen LogP contribution in [0.3, 0.4) is 0 Å². The molecule has 0 unspecified atom stereocenters. The van der Waals surface area contributed by atoms with Gasteiger partial charge in [-0.25, -0.2) is 0 Å². The van der Waals surface area contributed by atoms with E-state index in [9.17, 15) is 26.3 Å². The number of thiocarbonyl (C=S) groups is 1. The normalized spacial score (nSPS) is 12.6. The summed E-state index contributed by atoms with van der Waals surface area (Å²) in [5.41, 5.74) is 0.714. The minimum absolute atomic E-state index is 0.0471. The third kappa shape index (κ3) is 6.93. The number of ether oxygens (including phenoxy) is 1. The van der Waals surface area contributed by atoms with E-state index in [1.807, 2.05) is 0 Å². The number of hydrogen-bond acceptors (Lipinski definition) is 3. The Morgan fingerprint density at radius 2 is 1.63 bits per heavy atom. The first-order valence-electron chi connectivity index (χ1n) is 7.49. The van der Waals surface area contributed by atoms with Gasteiger partial charge in [0, 0.05) is 17.5 Å². The monoisotopic (exact) mass is 405 g/mol. The summed E-state index contributed by atoms with van der Waals surface area (Å²) in [5, 5.41) is 2.75. The van der Waals surface area contributed by atoms with Gasteiger partial charge in [-0.15, -0.1) is 0 Å². The Morgan fingerprint density at radius 3 is 2.22 bits per heavy atom. The lowest BCUT2D eigenvalue weighted by Gasteiger charge is -2.15. The van der Waals surface area contributed by atoms with Gasteiger partial charge in [-0.3, -0.25) is 0 Å². The number of alkyl halides is 6. The highest BCUT2D eigenvalue weighted by molar-refractivity contribution is 7.81. The van der Waals surface area contributed by atoms with Gasteiger partial charge in [0.15, 0.2) is 6.61 Å². The Hall–Kier alpha value is -2.55. The van der Waals surface area contributed by atoms with Crippen molar-refractivity contribution in [3.63, 3.8) is 0 Å². The molecule has 2 rings (SSSR count). The van der Waals surface area contributed by atoms with Crippen molar-refractivity contribution in [2.24, 2.45) is 0 Å². The maximum absolute atomic E-state index is 12.8. The van der Waals surface area contributed by atoms with E-state index in [0.29, 0.717) is 5.56 Å². The minimum atomic E-state index is -4.69. The van der Waals surface area contributed by atoms with Crippen LogP contribution in [0.15, 0.2) is 60.7 Å². The maximum atomic E-state index is 12.8. The molecular weight excluding hydrogens is 392 g/mol. The smallest absolute Gasteiger partial charge is 0.426 e. The van der Waals surface area contributed by atoms with Gasteiger partial charge < -0.3 is 10.1 Å². The van der Waals surface area contributed by atoms with Gasteiger partial charge in [0.25, 0.3) is 0 Å². The van der Waals surface area contributed by atoms with Gasteiger partial charge in [0.1, 0.15) is 10.6 Å². The van der Waals surface area contributed by atoms with Crippen molar-refractivity contribution in [1.82, 2.24) is 0 Å². The Bertz CT molecular complexity index is 815. The molecule has 0 atom stereocenters. The number of benzene rings is 2. The van der Waals surface area contributed by atoms with E-state index in [1.165, 1.54) is 24.3 Å². The molecule has 144 valence electrons. The molecule has 0 saturated heterocycles. The Kier molecular flexibility index (Phi) is 6.48. The SMILES string of the molecule is FC(F)(F)COc1cccc(N/C(=C/C(=S)C(F)(F)F)c2ccccc2)c1. The number of allylic oxidation sites excluding steroid dienone is 1. The second-order valence-electron chi connectivity index (χ2n) is 5.34. The molecule has 2 nitrogen and oxygen atoms in total. The van der Waals surface area contributed by atoms with Crippen LogP contribution in [0, 0.1) is 0 Å². The van der Waals surface area contributed by atoms with Crippen LogP contribution >= 0.6 is 12.2 Å². The molecule has 0 aliphatic carbocycles. The lowest BCUT2D eigenvalue weighted by atomic mass is 10.1. The molecule has 2 aromatic rings. The molecule has 27 heavy (non-hydrogen) atoms. The lowest BCUT2D eigenvalue weighted by Crippen LogP contribution is -2.19. The van der Waals surface area contributed by atoms with Gasteiger partial charge >= 0.3 is 12.4 Å². The summed E-state index contributed by atoms with van der Waals surface area (Å²) in [6.07, 6.45) is -8.43. The standard InChI is InChI=1S/C18H13F6NOS/c19-17(20,21)11-26-14-8-4-7-13(9-14)25-15(10-16(27)18(22,23)24)12-5-2-1-3-6-12/h1-10,25H,11H2/b15-10+. The van der Waals surface area contributed by atoms with Gasteiger partial charge in [0.05, 0.1) is 0 Å². The highest BCUT2D eigenvalue weighted by Crippen LogP contribution is 2.26. The zero-order valence-corrected chi connectivity index (χ0v) is 14.4. The van der Waals surface area contributed by atoms with Gasteiger partial charge in [-0.1, -0.05) is 48.6 Å². The van der Waals surface area contributed by atoms with E-state index in [0.717, 1.165) is 6.08 Å². The fraction of sp³-hybridized carbons (Fsp3) is 0.167. The number of halogens is 6. The predicted octanol–water partition coefficient (Wildman–Crippen LogP) is 6.01. The molecule has 1 N–H and O–H groups in total. The van der Waals surface area contributed by atoms with Gasteiger partial charge in [0.2, 0.25) is 0 Å². The quantitative estimate of drug-likeness (QED) is 0.361. The second kappa shape index (κ2) is 8.43. The second-order valence-corrected chi connectivity index (χ2v) is 5.78. The highest BCUT2D eigenvalue weighted by atomic mass is 32.1. The van der Waals surface area contributed by atoms with Crippen LogP contribution < -0.4 is 10.1 Å². The molecule has 2 aromatic carbocycles. The van der Waals surface area contributed by atoms with Crippen LogP contribution in [0.25, 0.3) is 5.70 Å². The van der Waals surface area contributed by atoms with Crippen molar-refractivity contribution in [2.75, 3.05) is 11.9 Å². The molecular formula is C18H13F6NOS. The van der Waals surface area contributed by atoms with E-state index < -0.39 is 23.8 Å². The summed E-state index contributed by atoms with van der Waals surface area (Å²) < 4.78 is 79.8. The molecule has 0 heterocycles. The van der Waals surface area contributed by atoms with E-state index in [-0.39, 0.29) is 17.1 Å². The van der Waals surface area contributed by atoms with Crippen LogP contribution in [0.5, 0.6) is 5.75 Å². The van der Waals surface area contributed by atoms with Crippen LogP contribution in [0.4, 0.5) is 32.0 Å². The molecule has 0 bridgehead atoms. The number of anilines is 1. The molecule has 0 radical (unpaired) electrons. The van der Waals surface area contributed by atoms with E-state index >= 15 is 0 Å². The molecule has 0 saturated carbocycles. The summed E-state index contributed by atoms with van der Waals surface area (Å²) in [4.78, 5) is -1.24. The number of rotatable bonds is 6. The summed E-state index contributed by atoms with van der Waals surface area (Å²) in [5.74, 6) is -0.0804. The first-order valence-corrected chi connectivity index (χ1v) is 7.90. The average molecular weight is 405 g/mol. The van der Waals surface area contributed by atoms with Crippen molar-refractivity contribution >= 4 is 28.5 Å². The zero-order chi connectivity index (χ0) is 20.1. The molecule has 0 aromatic heterocycles. The first-order chi connectivity index (χ1) is 12.5. The van der Waals surface area contributed by atoms with Crippen molar-refractivity contribution in [3.05, 3.63) is 66.2 Å². The number of nitrogens with one attached hydrogen (secondary N) is 1. The lowest BCUT2D eigenvalue weighted by molar-refractivity contribution is -0.153. The van der Waals surface area contributed by atoms with Crippen LogP contribution in [-0.4, -0.2) is 23.8 Å². The maximum Gasteiger partial charge on any atom is 0.426 e. The fourth-order valence-electron chi connectivity index (χ4n) is 2.01. The average Bonchev–Trinajstić information content (AvgIpc) is 2.59. The zero-order valence-electron chi connectivity index (χ0n) is 13.6. The Labute approximate surface area is 156 Å². The van der Waals surface area contributed by atoms with Crippen molar-refractivity contribution < 1.29 is 31.1 Å². The predicted molar refractivity (Wildman–Crippen MR) is 94.7 cm³/mol. The third-order valence-corrected chi connectivity index (χ3v) is 3.50. The van der Waals surface area contributed by atoms with Gasteiger partial charge in [-0.2, -0.15) is 26.3 Å². The first kappa shape index (κ1) is 20.8.